The molecule has 0 atom stereocenters. The van der Waals surface area contributed by atoms with E-state index in [0.717, 1.165) is 4.90 Å². The van der Waals surface area contributed by atoms with Crippen molar-refractivity contribution < 1.29 is 18.0 Å². The van der Waals surface area contributed by atoms with Crippen molar-refractivity contribution in [2.24, 2.45) is 0 Å². The molecule has 100 valence electrons. The molecule has 9 heteroatoms. The molecule has 2 aromatic rings. The summed E-state index contributed by atoms with van der Waals surface area (Å²) in [7, 11) is 0. The number of H-pyrrole nitrogens is 1. The lowest BCUT2D eigenvalue weighted by Gasteiger charge is -2.08. The van der Waals surface area contributed by atoms with Crippen LogP contribution in [-0.4, -0.2) is 27.3 Å². The summed E-state index contributed by atoms with van der Waals surface area (Å²) in [4.78, 5) is 15.4. The number of carbonyl (C=O) groups excluding carboxylic acids is 1. The number of nitrogens with zero attached hydrogens (tertiary/aromatic N) is 2. The molecule has 1 amide bonds. The molecule has 0 aliphatic rings. The number of amides is 1. The van der Waals surface area contributed by atoms with Crippen LogP contribution >= 0.6 is 11.8 Å². The first-order chi connectivity index (χ1) is 8.95. The highest BCUT2D eigenvalue weighted by molar-refractivity contribution is 7.99. The Morgan fingerprint density at radius 2 is 1.95 bits per heavy atom. The predicted molar refractivity (Wildman–Crippen MR) is 61.6 cm³/mol. The minimum Gasteiger partial charge on any atom is -0.318 e. The Kier molecular flexibility index (Phi) is 3.74. The van der Waals surface area contributed by atoms with Gasteiger partial charge in [0.25, 0.3) is 0 Å². The highest BCUT2D eigenvalue weighted by atomic mass is 32.2. The summed E-state index contributed by atoms with van der Waals surface area (Å²) in [5, 5.41) is 8.62. The molecule has 1 heterocycles. The maximum atomic E-state index is 12.0. The minimum atomic E-state index is -4.90. The molecule has 0 fully saturated rings. The zero-order chi connectivity index (χ0) is 13.9. The van der Waals surface area contributed by atoms with E-state index in [1.165, 1.54) is 30.2 Å². The third kappa shape index (κ3) is 3.71. The van der Waals surface area contributed by atoms with E-state index in [2.05, 4.69) is 15.2 Å². The van der Waals surface area contributed by atoms with Crippen LogP contribution < -0.4 is 5.32 Å². The summed E-state index contributed by atoms with van der Waals surface area (Å²) in [6.45, 7) is 0. The van der Waals surface area contributed by atoms with Crippen LogP contribution in [0.5, 0.6) is 0 Å². The van der Waals surface area contributed by atoms with Crippen molar-refractivity contribution in [2.75, 3.05) is 5.32 Å². The number of aromatic nitrogens is 3. The van der Waals surface area contributed by atoms with Crippen molar-refractivity contribution in [1.82, 2.24) is 15.2 Å². The molecule has 0 aliphatic carbocycles. The normalized spacial score (nSPS) is 11.3. The molecule has 2 N–H and O–H groups in total. The Hall–Kier alpha value is -2.03. The second kappa shape index (κ2) is 5.31. The minimum absolute atomic E-state index is 0.0734. The number of carbonyl (C=O) groups is 1. The Bertz CT molecular complexity index is 553. The number of anilines is 1. The van der Waals surface area contributed by atoms with E-state index in [1.807, 2.05) is 0 Å². The molecular weight excluding hydrogens is 281 g/mol. The monoisotopic (exact) mass is 288 g/mol. The molecule has 1 aromatic carbocycles. The second-order valence-electron chi connectivity index (χ2n) is 3.37. The van der Waals surface area contributed by atoms with Gasteiger partial charge < -0.3 is 5.32 Å². The lowest BCUT2D eigenvalue weighted by atomic mass is 10.3. The van der Waals surface area contributed by atoms with Crippen molar-refractivity contribution in [1.29, 1.82) is 0 Å². The van der Waals surface area contributed by atoms with Crippen LogP contribution in [-0.2, 0) is 4.79 Å². The molecule has 1 aromatic heterocycles. The number of hydrogen-bond acceptors (Lipinski definition) is 4. The van der Waals surface area contributed by atoms with E-state index < -0.39 is 12.1 Å². The van der Waals surface area contributed by atoms with Crippen molar-refractivity contribution >= 4 is 23.4 Å². The highest BCUT2D eigenvalue weighted by Crippen LogP contribution is 2.25. The third-order valence-electron chi connectivity index (χ3n) is 1.98. The first-order valence-electron chi connectivity index (χ1n) is 4.96. The van der Waals surface area contributed by atoms with E-state index in [1.54, 1.807) is 17.4 Å². The summed E-state index contributed by atoms with van der Waals surface area (Å²) < 4.78 is 36.1. The number of alkyl halides is 3. The molecule has 0 radical (unpaired) electrons. The van der Waals surface area contributed by atoms with Gasteiger partial charge in [0.1, 0.15) is 6.33 Å². The quantitative estimate of drug-likeness (QED) is 0.910. The third-order valence-corrected chi connectivity index (χ3v) is 2.88. The summed E-state index contributed by atoms with van der Waals surface area (Å²) in [6.07, 6.45) is -3.55. The van der Waals surface area contributed by atoms with Crippen LogP contribution in [0.3, 0.4) is 0 Å². The molecule has 0 saturated heterocycles. The van der Waals surface area contributed by atoms with Crippen LogP contribution in [0.25, 0.3) is 0 Å². The average molecular weight is 288 g/mol. The van der Waals surface area contributed by atoms with Gasteiger partial charge in [-0.3, -0.25) is 9.89 Å². The summed E-state index contributed by atoms with van der Waals surface area (Å²) >= 11 is 1.26. The molecule has 0 aliphatic heterocycles. The van der Waals surface area contributed by atoms with Gasteiger partial charge in [0.2, 0.25) is 0 Å². The van der Waals surface area contributed by atoms with E-state index in [9.17, 15) is 18.0 Å². The molecular formula is C10H7F3N4OS. The molecule has 0 spiro atoms. The molecule has 0 saturated carbocycles. The number of benzene rings is 1. The van der Waals surface area contributed by atoms with Gasteiger partial charge in [-0.1, -0.05) is 11.8 Å². The van der Waals surface area contributed by atoms with Crippen molar-refractivity contribution in [2.45, 2.75) is 16.2 Å². The van der Waals surface area contributed by atoms with Crippen LogP contribution in [0, 0.1) is 0 Å². The largest absolute Gasteiger partial charge is 0.471 e. The van der Waals surface area contributed by atoms with Crippen LogP contribution in [0.1, 0.15) is 0 Å². The van der Waals surface area contributed by atoms with Crippen molar-refractivity contribution in [3.63, 3.8) is 0 Å². The molecule has 2 rings (SSSR count). The first kappa shape index (κ1) is 13.4. The Morgan fingerprint density at radius 3 is 2.47 bits per heavy atom. The van der Waals surface area contributed by atoms with E-state index in [4.69, 9.17) is 0 Å². The predicted octanol–water partition coefficient (Wildman–Crippen LogP) is 2.46. The summed E-state index contributed by atoms with van der Waals surface area (Å²) in [5.41, 5.74) is 0.0734. The van der Waals surface area contributed by atoms with Crippen LogP contribution in [0.15, 0.2) is 40.6 Å². The second-order valence-corrected chi connectivity index (χ2v) is 4.43. The lowest BCUT2D eigenvalue weighted by Crippen LogP contribution is -2.29. The van der Waals surface area contributed by atoms with Gasteiger partial charge in [-0.05, 0) is 24.3 Å². The maximum absolute atomic E-state index is 12.0. The smallest absolute Gasteiger partial charge is 0.318 e. The van der Waals surface area contributed by atoms with E-state index >= 15 is 0 Å². The molecule has 0 bridgehead atoms. The summed E-state index contributed by atoms with van der Waals surface area (Å²) in [6, 6.07) is 5.89. The molecule has 0 unspecified atom stereocenters. The number of rotatable bonds is 3. The van der Waals surface area contributed by atoms with Gasteiger partial charge in [0.15, 0.2) is 5.16 Å². The summed E-state index contributed by atoms with van der Waals surface area (Å²) in [5.74, 6) is -2.00. The first-order valence-corrected chi connectivity index (χ1v) is 5.78. The SMILES string of the molecule is O=C(Nc1ccc(Sc2ncn[nH]2)cc1)C(F)(F)F. The van der Waals surface area contributed by atoms with Gasteiger partial charge in [0.05, 0.1) is 0 Å². The standard InChI is InChI=1S/C10H7F3N4OS/c11-10(12,13)8(18)16-6-1-3-7(4-2-6)19-9-14-5-15-17-9/h1-5H,(H,16,18)(H,14,15,17). The Labute approximate surface area is 109 Å². The Balaban J connectivity index is 2.01. The van der Waals surface area contributed by atoms with Crippen molar-refractivity contribution in [3.05, 3.63) is 30.6 Å². The highest BCUT2D eigenvalue weighted by Gasteiger charge is 2.38. The van der Waals surface area contributed by atoms with E-state index in [0.29, 0.717) is 5.16 Å². The topological polar surface area (TPSA) is 70.7 Å². The van der Waals surface area contributed by atoms with Gasteiger partial charge in [0, 0.05) is 10.6 Å². The zero-order valence-electron chi connectivity index (χ0n) is 9.23. The van der Waals surface area contributed by atoms with Gasteiger partial charge in [-0.25, -0.2) is 4.98 Å². The van der Waals surface area contributed by atoms with Crippen molar-refractivity contribution in [3.8, 4) is 0 Å². The fourth-order valence-electron chi connectivity index (χ4n) is 1.16. The molecule has 5 nitrogen and oxygen atoms in total. The number of nitrogens with one attached hydrogen (secondary N) is 2. The van der Waals surface area contributed by atoms with E-state index in [-0.39, 0.29) is 5.69 Å². The fourth-order valence-corrected chi connectivity index (χ4v) is 1.86. The maximum Gasteiger partial charge on any atom is 0.471 e. The molecule has 19 heavy (non-hydrogen) atoms. The van der Waals surface area contributed by atoms with Crippen LogP contribution in [0.2, 0.25) is 0 Å². The van der Waals surface area contributed by atoms with Gasteiger partial charge >= 0.3 is 12.1 Å². The lowest BCUT2D eigenvalue weighted by molar-refractivity contribution is -0.167. The fraction of sp³-hybridized carbons (Fsp3) is 0.100. The van der Waals surface area contributed by atoms with Gasteiger partial charge in [-0.2, -0.15) is 18.3 Å². The Morgan fingerprint density at radius 1 is 1.26 bits per heavy atom. The average Bonchev–Trinajstić information content (AvgIpc) is 2.83. The number of hydrogen-bond donors (Lipinski definition) is 2. The van der Waals surface area contributed by atoms with Gasteiger partial charge in [-0.15, -0.1) is 0 Å². The number of halogens is 3. The zero-order valence-corrected chi connectivity index (χ0v) is 10.0. The van der Waals surface area contributed by atoms with Crippen LogP contribution in [0.4, 0.5) is 18.9 Å². The number of aromatic amines is 1.